The van der Waals surface area contributed by atoms with Crippen LogP contribution in [0.1, 0.15) is 6.92 Å². The normalized spacial score (nSPS) is 11.5. The molecule has 0 amide bonds. The van der Waals surface area contributed by atoms with Gasteiger partial charge in [-0.2, -0.15) is 0 Å². The van der Waals surface area contributed by atoms with Gasteiger partial charge in [0.15, 0.2) is 0 Å². The molecular formula is C9H14N2O2S2. The number of hydrogen-bond acceptors (Lipinski definition) is 4. The summed E-state index contributed by atoms with van der Waals surface area (Å²) in [6.07, 6.45) is 1.72. The third-order valence-corrected chi connectivity index (χ3v) is 4.04. The number of hydrogen-bond donors (Lipinski definition) is 1. The minimum atomic E-state index is -3.06. The number of nitrogens with one attached hydrogen (secondary N) is 1. The van der Waals surface area contributed by atoms with E-state index >= 15 is 0 Å². The van der Waals surface area contributed by atoms with Crippen LogP contribution in [-0.2, 0) is 10.0 Å². The average molecular weight is 246 g/mol. The molecule has 0 fully saturated rings. The summed E-state index contributed by atoms with van der Waals surface area (Å²) in [6, 6.07) is 5.66. The molecule has 1 aromatic rings. The van der Waals surface area contributed by atoms with Gasteiger partial charge in [-0.15, -0.1) is 11.8 Å². The van der Waals surface area contributed by atoms with Crippen molar-refractivity contribution in [1.82, 2.24) is 9.71 Å². The summed E-state index contributed by atoms with van der Waals surface area (Å²) in [4.78, 5) is 4.12. The third kappa shape index (κ3) is 5.15. The molecule has 0 aromatic carbocycles. The summed E-state index contributed by atoms with van der Waals surface area (Å²) in [6.45, 7) is 2.06. The van der Waals surface area contributed by atoms with Gasteiger partial charge in [-0.1, -0.05) is 6.07 Å². The molecule has 1 N–H and O–H groups in total. The van der Waals surface area contributed by atoms with Gasteiger partial charge in [0, 0.05) is 18.5 Å². The number of rotatable bonds is 6. The predicted molar refractivity (Wildman–Crippen MR) is 62.4 cm³/mol. The van der Waals surface area contributed by atoms with E-state index in [1.54, 1.807) is 13.1 Å². The van der Waals surface area contributed by atoms with Gasteiger partial charge in [-0.3, -0.25) is 0 Å². The lowest BCUT2D eigenvalue weighted by Gasteiger charge is -2.03. The number of thioether (sulfide) groups is 1. The van der Waals surface area contributed by atoms with Crippen LogP contribution in [0.25, 0.3) is 0 Å². The molecule has 0 saturated carbocycles. The molecule has 15 heavy (non-hydrogen) atoms. The zero-order valence-electron chi connectivity index (χ0n) is 8.51. The first-order chi connectivity index (χ1) is 7.14. The molecule has 0 bridgehead atoms. The molecule has 0 aliphatic rings. The van der Waals surface area contributed by atoms with Gasteiger partial charge in [-0.05, 0) is 19.1 Å². The van der Waals surface area contributed by atoms with Gasteiger partial charge in [-0.25, -0.2) is 18.1 Å². The monoisotopic (exact) mass is 246 g/mol. The summed E-state index contributed by atoms with van der Waals surface area (Å²) in [5, 5.41) is 0.910. The Labute approximate surface area is 94.5 Å². The molecule has 0 saturated heterocycles. The van der Waals surface area contributed by atoms with Crippen LogP contribution in [0.4, 0.5) is 0 Å². The minimum Gasteiger partial charge on any atom is -0.250 e. The molecule has 6 heteroatoms. The van der Waals surface area contributed by atoms with Crippen LogP contribution in [-0.4, -0.2) is 31.5 Å². The van der Waals surface area contributed by atoms with Gasteiger partial charge in [0.1, 0.15) is 0 Å². The molecule has 1 heterocycles. The van der Waals surface area contributed by atoms with Crippen molar-refractivity contribution >= 4 is 21.8 Å². The largest absolute Gasteiger partial charge is 0.250 e. The number of sulfonamides is 1. The summed E-state index contributed by atoms with van der Waals surface area (Å²) in [5.74, 6) is 0.817. The van der Waals surface area contributed by atoms with E-state index in [4.69, 9.17) is 0 Å². The van der Waals surface area contributed by atoms with Crippen molar-refractivity contribution in [2.24, 2.45) is 0 Å². The fraction of sp³-hybridized carbons (Fsp3) is 0.444. The zero-order valence-corrected chi connectivity index (χ0v) is 10.1. The summed E-state index contributed by atoms with van der Waals surface area (Å²) in [7, 11) is -3.06. The first-order valence-corrected chi connectivity index (χ1v) is 7.29. The molecule has 1 aromatic heterocycles. The summed E-state index contributed by atoms with van der Waals surface area (Å²) in [5.41, 5.74) is 0. The second kappa shape index (κ2) is 6.09. The quantitative estimate of drug-likeness (QED) is 0.603. The third-order valence-electron chi connectivity index (χ3n) is 1.69. The highest BCUT2D eigenvalue weighted by molar-refractivity contribution is 7.99. The van der Waals surface area contributed by atoms with Crippen LogP contribution in [0, 0.1) is 0 Å². The molecule has 0 aliphatic heterocycles. The van der Waals surface area contributed by atoms with Gasteiger partial charge in [0.25, 0.3) is 0 Å². The SMILES string of the molecule is CCS(=O)(=O)NCCSc1ccccn1. The van der Waals surface area contributed by atoms with E-state index < -0.39 is 10.0 Å². The lowest BCUT2D eigenvalue weighted by Crippen LogP contribution is -2.27. The standard InChI is InChI=1S/C9H14N2O2S2/c1-2-15(12,13)11-7-8-14-9-5-3-4-6-10-9/h3-6,11H,2,7-8H2,1H3. The fourth-order valence-corrected chi connectivity index (χ4v) is 2.36. The molecular weight excluding hydrogens is 232 g/mol. The van der Waals surface area contributed by atoms with Crippen molar-refractivity contribution in [1.29, 1.82) is 0 Å². The maximum Gasteiger partial charge on any atom is 0.211 e. The van der Waals surface area contributed by atoms with Crippen molar-refractivity contribution in [2.45, 2.75) is 11.9 Å². The fourth-order valence-electron chi connectivity index (χ4n) is 0.887. The Kier molecular flexibility index (Phi) is 5.07. The molecule has 0 atom stereocenters. The van der Waals surface area contributed by atoms with E-state index in [2.05, 4.69) is 9.71 Å². The van der Waals surface area contributed by atoms with Crippen LogP contribution in [0.15, 0.2) is 29.4 Å². The van der Waals surface area contributed by atoms with E-state index in [0.717, 1.165) is 5.03 Å². The van der Waals surface area contributed by atoms with Gasteiger partial charge in [0.05, 0.1) is 10.8 Å². The maximum atomic E-state index is 11.1. The van der Waals surface area contributed by atoms with Crippen molar-refractivity contribution in [3.63, 3.8) is 0 Å². The second-order valence-electron chi connectivity index (χ2n) is 2.81. The molecule has 4 nitrogen and oxygen atoms in total. The predicted octanol–water partition coefficient (Wildman–Crippen LogP) is 1.11. The van der Waals surface area contributed by atoms with E-state index in [0.29, 0.717) is 12.3 Å². The van der Waals surface area contributed by atoms with Crippen molar-refractivity contribution in [3.05, 3.63) is 24.4 Å². The molecule has 0 spiro atoms. The number of aromatic nitrogens is 1. The van der Waals surface area contributed by atoms with E-state index in [-0.39, 0.29) is 5.75 Å². The minimum absolute atomic E-state index is 0.126. The second-order valence-corrected chi connectivity index (χ2v) is 6.02. The molecule has 84 valence electrons. The lowest BCUT2D eigenvalue weighted by molar-refractivity contribution is 0.585. The maximum absolute atomic E-state index is 11.1. The topological polar surface area (TPSA) is 59.1 Å². The van der Waals surface area contributed by atoms with E-state index in [1.165, 1.54) is 11.8 Å². The molecule has 0 aliphatic carbocycles. The average Bonchev–Trinajstić information content (AvgIpc) is 2.26. The van der Waals surface area contributed by atoms with Gasteiger partial charge >= 0.3 is 0 Å². The van der Waals surface area contributed by atoms with Crippen LogP contribution in [0.2, 0.25) is 0 Å². The van der Waals surface area contributed by atoms with Crippen LogP contribution < -0.4 is 4.72 Å². The number of pyridine rings is 1. The zero-order chi connectivity index (χ0) is 11.1. The Bertz CT molecular complexity index is 378. The smallest absolute Gasteiger partial charge is 0.211 e. The molecule has 0 unspecified atom stereocenters. The van der Waals surface area contributed by atoms with E-state index in [1.807, 2.05) is 18.2 Å². The molecule has 1 rings (SSSR count). The summed E-state index contributed by atoms with van der Waals surface area (Å²) < 4.78 is 24.7. The lowest BCUT2D eigenvalue weighted by atomic mass is 10.5. The summed E-state index contributed by atoms with van der Waals surface area (Å²) >= 11 is 1.53. The first-order valence-electron chi connectivity index (χ1n) is 4.65. The highest BCUT2D eigenvalue weighted by Crippen LogP contribution is 2.12. The first kappa shape index (κ1) is 12.5. The van der Waals surface area contributed by atoms with Gasteiger partial charge < -0.3 is 0 Å². The van der Waals surface area contributed by atoms with Crippen LogP contribution in [0.5, 0.6) is 0 Å². The van der Waals surface area contributed by atoms with Gasteiger partial charge in [0.2, 0.25) is 10.0 Å². The highest BCUT2D eigenvalue weighted by Gasteiger charge is 2.04. The highest BCUT2D eigenvalue weighted by atomic mass is 32.2. The molecule has 0 radical (unpaired) electrons. The Morgan fingerprint density at radius 2 is 2.27 bits per heavy atom. The van der Waals surface area contributed by atoms with Crippen LogP contribution in [0.3, 0.4) is 0 Å². The Morgan fingerprint density at radius 3 is 2.87 bits per heavy atom. The van der Waals surface area contributed by atoms with Crippen molar-refractivity contribution in [2.75, 3.05) is 18.1 Å². The number of nitrogens with zero attached hydrogens (tertiary/aromatic N) is 1. The van der Waals surface area contributed by atoms with Crippen molar-refractivity contribution < 1.29 is 8.42 Å². The van der Waals surface area contributed by atoms with E-state index in [9.17, 15) is 8.42 Å². The van der Waals surface area contributed by atoms with Crippen molar-refractivity contribution in [3.8, 4) is 0 Å². The Balaban J connectivity index is 2.24. The Hall–Kier alpha value is -0.590. The Morgan fingerprint density at radius 1 is 1.47 bits per heavy atom. The van der Waals surface area contributed by atoms with Crippen LogP contribution >= 0.6 is 11.8 Å².